The van der Waals surface area contributed by atoms with Crippen molar-refractivity contribution >= 4 is 50.7 Å². The number of carboxylic acids is 1. The number of carbonyl (C=O) groups is 2. The number of amides is 1. The van der Waals surface area contributed by atoms with E-state index >= 15 is 0 Å². The predicted molar refractivity (Wildman–Crippen MR) is 138 cm³/mol. The number of sulfone groups is 1. The Balaban J connectivity index is 1.54. The van der Waals surface area contributed by atoms with Gasteiger partial charge in [-0.1, -0.05) is 54.1 Å². The molecule has 3 aromatic carbocycles. The normalized spacial score (nSPS) is 14.0. The van der Waals surface area contributed by atoms with Crippen molar-refractivity contribution in [3.05, 3.63) is 106 Å². The zero-order valence-electron chi connectivity index (χ0n) is 18.7. The molecule has 0 fully saturated rings. The number of rotatable bonds is 6. The number of nitrogens with one attached hydrogen (secondary N) is 2. The van der Waals surface area contributed by atoms with Gasteiger partial charge in [0.1, 0.15) is 5.15 Å². The SMILES string of the molecule is O=C1Nc2ccc(S(=O)(=O)Cc3ccccc3)cc2/C1=C/c1[nH]c(Cl)cc1-c1ccc(C(=O)O)cc1. The van der Waals surface area contributed by atoms with E-state index in [4.69, 9.17) is 16.7 Å². The summed E-state index contributed by atoms with van der Waals surface area (Å²) in [6.45, 7) is 0. The first-order valence-corrected chi connectivity index (χ1v) is 12.9. The molecule has 0 unspecified atom stereocenters. The summed E-state index contributed by atoms with van der Waals surface area (Å²) in [5.74, 6) is -1.57. The maximum absolute atomic E-state index is 13.1. The number of aromatic carboxylic acids is 1. The molecule has 7 nitrogen and oxygen atoms in total. The van der Waals surface area contributed by atoms with Gasteiger partial charge >= 0.3 is 5.97 Å². The number of H-pyrrole nitrogens is 1. The molecule has 9 heteroatoms. The van der Waals surface area contributed by atoms with E-state index in [1.807, 2.05) is 6.07 Å². The van der Waals surface area contributed by atoms with Crippen LogP contribution in [-0.4, -0.2) is 30.4 Å². The third-order valence-corrected chi connectivity index (χ3v) is 7.77. The van der Waals surface area contributed by atoms with Crippen molar-refractivity contribution in [2.75, 3.05) is 5.32 Å². The van der Waals surface area contributed by atoms with Crippen LogP contribution in [0.1, 0.15) is 27.2 Å². The lowest BCUT2D eigenvalue weighted by Gasteiger charge is -2.07. The Morgan fingerprint density at radius 2 is 1.67 bits per heavy atom. The number of carbonyl (C=O) groups excluding carboxylic acids is 1. The highest BCUT2D eigenvalue weighted by Crippen LogP contribution is 2.37. The number of aromatic nitrogens is 1. The maximum atomic E-state index is 13.1. The molecule has 5 rings (SSSR count). The summed E-state index contributed by atoms with van der Waals surface area (Å²) < 4.78 is 26.2. The quantitative estimate of drug-likeness (QED) is 0.291. The van der Waals surface area contributed by atoms with Gasteiger partial charge in [0.15, 0.2) is 9.84 Å². The fourth-order valence-electron chi connectivity index (χ4n) is 4.11. The molecule has 36 heavy (non-hydrogen) atoms. The molecule has 0 spiro atoms. The van der Waals surface area contributed by atoms with Crippen molar-refractivity contribution in [3.63, 3.8) is 0 Å². The second kappa shape index (κ2) is 9.14. The number of aromatic amines is 1. The fraction of sp³-hybridized carbons (Fsp3) is 0.0370. The number of hydrogen-bond acceptors (Lipinski definition) is 4. The Kier molecular flexibility index (Phi) is 5.99. The Bertz CT molecular complexity index is 1640. The highest BCUT2D eigenvalue weighted by Gasteiger charge is 2.27. The van der Waals surface area contributed by atoms with Crippen LogP contribution in [0.15, 0.2) is 83.8 Å². The Morgan fingerprint density at radius 3 is 2.36 bits per heavy atom. The van der Waals surface area contributed by atoms with E-state index in [2.05, 4.69) is 10.3 Å². The summed E-state index contributed by atoms with van der Waals surface area (Å²) in [4.78, 5) is 27.1. The number of fused-ring (bicyclic) bond motifs is 1. The van der Waals surface area contributed by atoms with Gasteiger partial charge in [0.2, 0.25) is 0 Å². The van der Waals surface area contributed by atoms with Crippen LogP contribution < -0.4 is 5.32 Å². The van der Waals surface area contributed by atoms with Gasteiger partial charge in [-0.25, -0.2) is 13.2 Å². The zero-order chi connectivity index (χ0) is 25.4. The number of hydrogen-bond donors (Lipinski definition) is 3. The molecule has 0 bridgehead atoms. The van der Waals surface area contributed by atoms with Crippen LogP contribution in [0.3, 0.4) is 0 Å². The first-order valence-electron chi connectivity index (χ1n) is 10.9. The molecule has 0 atom stereocenters. The Hall–Kier alpha value is -4.14. The van der Waals surface area contributed by atoms with Crippen LogP contribution in [0.5, 0.6) is 0 Å². The van der Waals surface area contributed by atoms with Crippen LogP contribution in [0.4, 0.5) is 5.69 Å². The van der Waals surface area contributed by atoms with Crippen molar-refractivity contribution in [2.45, 2.75) is 10.6 Å². The summed E-state index contributed by atoms with van der Waals surface area (Å²) in [5.41, 5.74) is 3.96. The lowest BCUT2D eigenvalue weighted by Crippen LogP contribution is -2.05. The van der Waals surface area contributed by atoms with Crippen LogP contribution in [0, 0.1) is 0 Å². The van der Waals surface area contributed by atoms with Gasteiger partial charge in [0, 0.05) is 22.5 Å². The van der Waals surface area contributed by atoms with Crippen LogP contribution >= 0.6 is 11.6 Å². The van der Waals surface area contributed by atoms with Crippen molar-refractivity contribution in [2.24, 2.45) is 0 Å². The molecule has 2 heterocycles. The summed E-state index contributed by atoms with van der Waals surface area (Å²) in [6.07, 6.45) is 1.61. The smallest absolute Gasteiger partial charge is 0.335 e. The second-order valence-corrected chi connectivity index (χ2v) is 10.7. The molecule has 1 amide bonds. The van der Waals surface area contributed by atoms with E-state index in [0.29, 0.717) is 38.8 Å². The molecule has 0 saturated carbocycles. The topological polar surface area (TPSA) is 116 Å². The third kappa shape index (κ3) is 4.56. The van der Waals surface area contributed by atoms with Crippen LogP contribution in [0.25, 0.3) is 22.8 Å². The van der Waals surface area contributed by atoms with Gasteiger partial charge < -0.3 is 15.4 Å². The first-order chi connectivity index (χ1) is 17.2. The maximum Gasteiger partial charge on any atom is 0.335 e. The Labute approximate surface area is 212 Å². The zero-order valence-corrected chi connectivity index (χ0v) is 20.2. The number of halogens is 1. The van der Waals surface area contributed by atoms with E-state index in [1.54, 1.807) is 54.6 Å². The van der Waals surface area contributed by atoms with E-state index in [9.17, 15) is 18.0 Å². The second-order valence-electron chi connectivity index (χ2n) is 8.29. The molecule has 0 aliphatic carbocycles. The van der Waals surface area contributed by atoms with Crippen molar-refractivity contribution < 1.29 is 23.1 Å². The van der Waals surface area contributed by atoms with Gasteiger partial charge in [-0.2, -0.15) is 0 Å². The molecule has 1 aromatic heterocycles. The molecule has 1 aliphatic heterocycles. The van der Waals surface area contributed by atoms with E-state index in [0.717, 1.165) is 0 Å². The molecular weight excluding hydrogens is 500 g/mol. The standard InChI is InChI=1S/C27H19ClN2O5S/c28-25-14-20(17-6-8-18(9-7-17)27(32)33)24(29-25)13-22-21-12-19(10-11-23(21)30-26(22)31)36(34,35)15-16-4-2-1-3-5-16/h1-14,29H,15H2,(H,30,31)(H,32,33)/b22-13-. The molecule has 0 radical (unpaired) electrons. The minimum Gasteiger partial charge on any atom is -0.478 e. The van der Waals surface area contributed by atoms with Crippen molar-refractivity contribution in [1.82, 2.24) is 4.98 Å². The Morgan fingerprint density at radius 1 is 0.944 bits per heavy atom. The van der Waals surface area contributed by atoms with E-state index in [1.165, 1.54) is 24.3 Å². The van der Waals surface area contributed by atoms with Gasteiger partial charge in [0.05, 0.1) is 21.8 Å². The van der Waals surface area contributed by atoms with Crippen molar-refractivity contribution in [3.8, 4) is 11.1 Å². The molecule has 0 saturated heterocycles. The summed E-state index contributed by atoms with van der Waals surface area (Å²) >= 11 is 6.22. The van der Waals surface area contributed by atoms with Crippen LogP contribution in [0.2, 0.25) is 5.15 Å². The molecule has 4 aromatic rings. The minimum absolute atomic E-state index is 0.113. The summed E-state index contributed by atoms with van der Waals surface area (Å²) in [5, 5.41) is 12.3. The summed E-state index contributed by atoms with van der Waals surface area (Å²) in [6, 6.07) is 21.4. The highest BCUT2D eigenvalue weighted by molar-refractivity contribution is 7.90. The average Bonchev–Trinajstić information content (AvgIpc) is 3.38. The monoisotopic (exact) mass is 518 g/mol. The third-order valence-electron chi connectivity index (χ3n) is 5.88. The number of anilines is 1. The molecule has 1 aliphatic rings. The fourth-order valence-corrected chi connectivity index (χ4v) is 5.69. The molecular formula is C27H19ClN2O5S. The largest absolute Gasteiger partial charge is 0.478 e. The van der Waals surface area contributed by atoms with E-state index in [-0.39, 0.29) is 27.7 Å². The van der Waals surface area contributed by atoms with Gasteiger partial charge in [-0.3, -0.25) is 4.79 Å². The van der Waals surface area contributed by atoms with E-state index < -0.39 is 15.8 Å². The van der Waals surface area contributed by atoms with Crippen molar-refractivity contribution in [1.29, 1.82) is 0 Å². The lowest BCUT2D eigenvalue weighted by atomic mass is 10.0. The predicted octanol–water partition coefficient (Wildman–Crippen LogP) is 5.50. The minimum atomic E-state index is -3.65. The highest BCUT2D eigenvalue weighted by atomic mass is 35.5. The summed E-state index contributed by atoms with van der Waals surface area (Å²) in [7, 11) is -3.65. The first kappa shape index (κ1) is 23.6. The molecule has 180 valence electrons. The number of benzene rings is 3. The average molecular weight is 519 g/mol. The number of carboxylic acid groups (broad SMARTS) is 1. The van der Waals surface area contributed by atoms with Gasteiger partial charge in [-0.05, 0) is 53.6 Å². The van der Waals surface area contributed by atoms with Gasteiger partial charge in [0.25, 0.3) is 5.91 Å². The lowest BCUT2D eigenvalue weighted by molar-refractivity contribution is -0.110. The van der Waals surface area contributed by atoms with Crippen LogP contribution in [-0.2, 0) is 20.4 Å². The molecule has 3 N–H and O–H groups in total. The van der Waals surface area contributed by atoms with Gasteiger partial charge in [-0.15, -0.1) is 0 Å².